The Morgan fingerprint density at radius 1 is 1.11 bits per heavy atom. The SMILES string of the molecule is COc1ccc(-c2ccnc(N)c2)cc1C(F)(F)F. The van der Waals surface area contributed by atoms with E-state index >= 15 is 0 Å². The molecule has 100 valence electrons. The molecule has 1 heterocycles. The number of benzene rings is 1. The van der Waals surface area contributed by atoms with Crippen molar-refractivity contribution in [2.24, 2.45) is 0 Å². The van der Waals surface area contributed by atoms with E-state index in [9.17, 15) is 13.2 Å². The van der Waals surface area contributed by atoms with Gasteiger partial charge < -0.3 is 10.5 Å². The van der Waals surface area contributed by atoms with Gasteiger partial charge in [-0.05, 0) is 35.4 Å². The van der Waals surface area contributed by atoms with Crippen LogP contribution in [-0.2, 0) is 6.18 Å². The zero-order chi connectivity index (χ0) is 14.0. The second kappa shape index (κ2) is 4.79. The van der Waals surface area contributed by atoms with Gasteiger partial charge in [0.05, 0.1) is 12.7 Å². The Hall–Kier alpha value is -2.24. The van der Waals surface area contributed by atoms with Crippen molar-refractivity contribution in [2.75, 3.05) is 12.8 Å². The molecule has 0 amide bonds. The average molecular weight is 268 g/mol. The van der Waals surface area contributed by atoms with Gasteiger partial charge in [-0.25, -0.2) is 4.98 Å². The number of aromatic nitrogens is 1. The molecular formula is C13H11F3N2O. The van der Waals surface area contributed by atoms with Crippen molar-refractivity contribution in [2.45, 2.75) is 6.18 Å². The number of hydrogen-bond acceptors (Lipinski definition) is 3. The Bertz CT molecular complexity index is 597. The van der Waals surface area contributed by atoms with Gasteiger partial charge in [-0.15, -0.1) is 0 Å². The molecule has 0 bridgehead atoms. The average Bonchev–Trinajstić information content (AvgIpc) is 2.37. The third-order valence-corrected chi connectivity index (χ3v) is 2.62. The molecule has 0 aliphatic carbocycles. The molecule has 6 heteroatoms. The lowest BCUT2D eigenvalue weighted by atomic mass is 10.0. The summed E-state index contributed by atoms with van der Waals surface area (Å²) < 4.78 is 43.4. The van der Waals surface area contributed by atoms with Gasteiger partial charge in [0.1, 0.15) is 11.6 Å². The highest BCUT2D eigenvalue weighted by Gasteiger charge is 2.34. The Kier molecular flexibility index (Phi) is 3.33. The normalized spacial score (nSPS) is 11.4. The zero-order valence-electron chi connectivity index (χ0n) is 10.0. The number of rotatable bonds is 2. The fraction of sp³-hybridized carbons (Fsp3) is 0.154. The Labute approximate surface area is 107 Å². The Balaban J connectivity index is 2.55. The van der Waals surface area contributed by atoms with Gasteiger partial charge in [0.25, 0.3) is 0 Å². The molecule has 2 N–H and O–H groups in total. The molecule has 0 saturated carbocycles. The monoisotopic (exact) mass is 268 g/mol. The number of halogens is 3. The van der Waals surface area contributed by atoms with Gasteiger partial charge in [-0.3, -0.25) is 0 Å². The smallest absolute Gasteiger partial charge is 0.419 e. The van der Waals surface area contributed by atoms with Crippen LogP contribution in [0.25, 0.3) is 11.1 Å². The van der Waals surface area contributed by atoms with Crippen LogP contribution in [0.2, 0.25) is 0 Å². The van der Waals surface area contributed by atoms with Crippen molar-refractivity contribution in [1.82, 2.24) is 4.98 Å². The quantitative estimate of drug-likeness (QED) is 0.908. The lowest BCUT2D eigenvalue weighted by Crippen LogP contribution is -2.07. The first-order valence-electron chi connectivity index (χ1n) is 5.39. The first-order chi connectivity index (χ1) is 8.91. The van der Waals surface area contributed by atoms with Crippen LogP contribution in [0, 0.1) is 0 Å². The summed E-state index contributed by atoms with van der Waals surface area (Å²) in [7, 11) is 1.20. The van der Waals surface area contributed by atoms with Crippen LogP contribution in [-0.4, -0.2) is 12.1 Å². The maximum atomic E-state index is 12.9. The fourth-order valence-electron chi connectivity index (χ4n) is 1.74. The molecule has 0 saturated heterocycles. The van der Waals surface area contributed by atoms with E-state index in [4.69, 9.17) is 10.5 Å². The van der Waals surface area contributed by atoms with E-state index in [2.05, 4.69) is 4.98 Å². The minimum Gasteiger partial charge on any atom is -0.496 e. The van der Waals surface area contributed by atoms with E-state index < -0.39 is 11.7 Å². The van der Waals surface area contributed by atoms with Crippen LogP contribution in [0.1, 0.15) is 5.56 Å². The molecule has 1 aromatic heterocycles. The van der Waals surface area contributed by atoms with Gasteiger partial charge in [0.15, 0.2) is 0 Å². The lowest BCUT2D eigenvalue weighted by molar-refractivity contribution is -0.138. The van der Waals surface area contributed by atoms with E-state index in [0.717, 1.165) is 6.07 Å². The van der Waals surface area contributed by atoms with Gasteiger partial charge in [0.2, 0.25) is 0 Å². The summed E-state index contributed by atoms with van der Waals surface area (Å²) >= 11 is 0. The standard InChI is InChI=1S/C13H11F3N2O/c1-19-11-3-2-8(6-10(11)13(14,15)16)9-4-5-18-12(17)7-9/h2-7H,1H3,(H2,17,18). The predicted octanol–water partition coefficient (Wildman–Crippen LogP) is 3.36. The lowest BCUT2D eigenvalue weighted by Gasteiger charge is -2.13. The maximum absolute atomic E-state index is 12.9. The molecule has 0 atom stereocenters. The van der Waals surface area contributed by atoms with Crippen LogP contribution in [0.4, 0.5) is 19.0 Å². The first kappa shape index (κ1) is 13.2. The molecule has 3 nitrogen and oxygen atoms in total. The van der Waals surface area contributed by atoms with Crippen LogP contribution in [0.5, 0.6) is 5.75 Å². The van der Waals surface area contributed by atoms with Gasteiger partial charge in [-0.1, -0.05) is 6.07 Å². The summed E-state index contributed by atoms with van der Waals surface area (Å²) in [5, 5.41) is 0. The summed E-state index contributed by atoms with van der Waals surface area (Å²) in [6.45, 7) is 0. The van der Waals surface area contributed by atoms with Crippen LogP contribution < -0.4 is 10.5 Å². The summed E-state index contributed by atoms with van der Waals surface area (Å²) in [4.78, 5) is 3.80. The molecule has 0 spiro atoms. The second-order valence-corrected chi connectivity index (χ2v) is 3.88. The Morgan fingerprint density at radius 3 is 2.37 bits per heavy atom. The predicted molar refractivity (Wildman–Crippen MR) is 65.6 cm³/mol. The van der Waals surface area contributed by atoms with E-state index in [1.165, 1.54) is 25.4 Å². The van der Waals surface area contributed by atoms with E-state index in [1.54, 1.807) is 12.1 Å². The molecule has 19 heavy (non-hydrogen) atoms. The van der Waals surface area contributed by atoms with Crippen LogP contribution in [0.3, 0.4) is 0 Å². The molecule has 0 aliphatic rings. The summed E-state index contributed by atoms with van der Waals surface area (Å²) in [6, 6.07) is 6.98. The highest BCUT2D eigenvalue weighted by atomic mass is 19.4. The maximum Gasteiger partial charge on any atom is 0.419 e. The van der Waals surface area contributed by atoms with E-state index in [-0.39, 0.29) is 11.6 Å². The summed E-state index contributed by atoms with van der Waals surface area (Å²) in [6.07, 6.45) is -3.03. The number of methoxy groups -OCH3 is 1. The van der Waals surface area contributed by atoms with Crippen molar-refractivity contribution in [3.05, 3.63) is 42.1 Å². The molecule has 2 rings (SSSR count). The van der Waals surface area contributed by atoms with Crippen LogP contribution in [0.15, 0.2) is 36.5 Å². The Morgan fingerprint density at radius 2 is 1.79 bits per heavy atom. The topological polar surface area (TPSA) is 48.1 Å². The second-order valence-electron chi connectivity index (χ2n) is 3.88. The number of nitrogens with two attached hydrogens (primary N) is 1. The summed E-state index contributed by atoms with van der Waals surface area (Å²) in [5.41, 5.74) is 5.68. The zero-order valence-corrected chi connectivity index (χ0v) is 10.0. The highest BCUT2D eigenvalue weighted by Crippen LogP contribution is 2.38. The van der Waals surface area contributed by atoms with E-state index in [1.807, 2.05) is 0 Å². The number of nitrogen functional groups attached to an aromatic ring is 1. The fourth-order valence-corrected chi connectivity index (χ4v) is 1.74. The molecule has 0 unspecified atom stereocenters. The highest BCUT2D eigenvalue weighted by molar-refractivity contribution is 5.67. The summed E-state index contributed by atoms with van der Waals surface area (Å²) in [5.74, 6) is 0.0418. The first-order valence-corrected chi connectivity index (χ1v) is 5.39. The van der Waals surface area contributed by atoms with E-state index in [0.29, 0.717) is 11.1 Å². The molecule has 2 aromatic rings. The van der Waals surface area contributed by atoms with Crippen molar-refractivity contribution in [1.29, 1.82) is 0 Å². The number of ether oxygens (including phenoxy) is 1. The number of nitrogens with zero attached hydrogens (tertiary/aromatic N) is 1. The number of alkyl halides is 3. The third kappa shape index (κ3) is 2.78. The van der Waals surface area contributed by atoms with Gasteiger partial charge in [0, 0.05) is 6.20 Å². The number of anilines is 1. The molecular weight excluding hydrogens is 257 g/mol. The molecule has 1 aromatic carbocycles. The number of hydrogen-bond donors (Lipinski definition) is 1. The number of pyridine rings is 1. The minimum atomic E-state index is -4.47. The van der Waals surface area contributed by atoms with Crippen molar-refractivity contribution < 1.29 is 17.9 Å². The molecule has 0 radical (unpaired) electrons. The third-order valence-electron chi connectivity index (χ3n) is 2.62. The van der Waals surface area contributed by atoms with Crippen molar-refractivity contribution >= 4 is 5.82 Å². The largest absolute Gasteiger partial charge is 0.496 e. The molecule has 0 aliphatic heterocycles. The van der Waals surface area contributed by atoms with Gasteiger partial charge in [-0.2, -0.15) is 13.2 Å². The van der Waals surface area contributed by atoms with Crippen molar-refractivity contribution in [3.63, 3.8) is 0 Å². The van der Waals surface area contributed by atoms with Crippen LogP contribution >= 0.6 is 0 Å². The van der Waals surface area contributed by atoms with Crippen molar-refractivity contribution in [3.8, 4) is 16.9 Å². The molecule has 0 fully saturated rings. The van der Waals surface area contributed by atoms with Gasteiger partial charge >= 0.3 is 6.18 Å². The minimum absolute atomic E-state index is 0.210.